The lowest BCUT2D eigenvalue weighted by atomic mass is 9.87. The van der Waals surface area contributed by atoms with Gasteiger partial charge in [-0.25, -0.2) is 4.39 Å². The van der Waals surface area contributed by atoms with E-state index in [0.29, 0.717) is 16.4 Å². The summed E-state index contributed by atoms with van der Waals surface area (Å²) >= 11 is 3.36. The van der Waals surface area contributed by atoms with Crippen LogP contribution in [0.25, 0.3) is 0 Å². The van der Waals surface area contributed by atoms with Crippen molar-refractivity contribution in [1.82, 2.24) is 5.32 Å². The third-order valence-electron chi connectivity index (χ3n) is 3.77. The van der Waals surface area contributed by atoms with E-state index in [2.05, 4.69) is 28.2 Å². The Morgan fingerprint density at radius 3 is 2.84 bits per heavy atom. The molecule has 0 amide bonds. The van der Waals surface area contributed by atoms with Gasteiger partial charge in [-0.05, 0) is 59.3 Å². The fourth-order valence-electron chi connectivity index (χ4n) is 2.73. The van der Waals surface area contributed by atoms with E-state index in [-0.39, 0.29) is 5.82 Å². The Morgan fingerprint density at radius 2 is 2.16 bits per heavy atom. The molecule has 106 valence electrons. The van der Waals surface area contributed by atoms with Crippen LogP contribution in [0.15, 0.2) is 22.7 Å². The Kier molecular flexibility index (Phi) is 5.79. The van der Waals surface area contributed by atoms with Gasteiger partial charge in [0.15, 0.2) is 0 Å². The average Bonchev–Trinajstić information content (AvgIpc) is 2.44. The number of hydrogen-bond donors (Lipinski definition) is 1. The summed E-state index contributed by atoms with van der Waals surface area (Å²) in [5.41, 5.74) is 1.04. The zero-order valence-corrected chi connectivity index (χ0v) is 12.9. The normalized spacial score (nSPS) is 18.5. The molecular weight excluding hydrogens is 309 g/mol. The second kappa shape index (κ2) is 7.36. The van der Waals surface area contributed by atoms with Crippen molar-refractivity contribution in [3.8, 4) is 0 Å². The first-order valence-corrected chi connectivity index (χ1v) is 7.75. The number of hydrogen-bond acceptors (Lipinski definition) is 2. The number of halogens is 2. The first kappa shape index (κ1) is 14.9. The summed E-state index contributed by atoms with van der Waals surface area (Å²) in [5.74, 6) is 0.434. The van der Waals surface area contributed by atoms with E-state index in [1.54, 1.807) is 6.07 Å². The molecule has 1 aromatic carbocycles. The van der Waals surface area contributed by atoms with Crippen LogP contribution in [0.2, 0.25) is 0 Å². The smallest absolute Gasteiger partial charge is 0.137 e. The van der Waals surface area contributed by atoms with Crippen molar-refractivity contribution in [2.75, 3.05) is 19.8 Å². The summed E-state index contributed by atoms with van der Waals surface area (Å²) in [5, 5.41) is 3.55. The maximum Gasteiger partial charge on any atom is 0.137 e. The van der Waals surface area contributed by atoms with Crippen LogP contribution in [-0.4, -0.2) is 25.8 Å². The van der Waals surface area contributed by atoms with Gasteiger partial charge in [0.05, 0.1) is 4.47 Å². The van der Waals surface area contributed by atoms with E-state index >= 15 is 0 Å². The summed E-state index contributed by atoms with van der Waals surface area (Å²) in [7, 11) is 0. The molecule has 1 aliphatic rings. The Hall–Kier alpha value is -0.450. The van der Waals surface area contributed by atoms with Crippen molar-refractivity contribution in [1.29, 1.82) is 0 Å². The largest absolute Gasteiger partial charge is 0.381 e. The molecule has 0 aliphatic carbocycles. The van der Waals surface area contributed by atoms with E-state index in [9.17, 15) is 4.39 Å². The van der Waals surface area contributed by atoms with Crippen molar-refractivity contribution < 1.29 is 9.13 Å². The first-order chi connectivity index (χ1) is 9.22. The molecule has 0 spiro atoms. The van der Waals surface area contributed by atoms with Gasteiger partial charge in [-0.2, -0.15) is 0 Å². The number of rotatable bonds is 5. The predicted octanol–water partition coefficient (Wildman–Crippen LogP) is 3.54. The van der Waals surface area contributed by atoms with Crippen LogP contribution < -0.4 is 5.32 Å². The number of ether oxygens (including phenoxy) is 1. The van der Waals surface area contributed by atoms with Crippen LogP contribution in [0.3, 0.4) is 0 Å². The highest BCUT2D eigenvalue weighted by atomic mass is 79.9. The van der Waals surface area contributed by atoms with Crippen LogP contribution in [0, 0.1) is 11.7 Å². The molecule has 1 aliphatic heterocycles. The highest BCUT2D eigenvalue weighted by Crippen LogP contribution is 2.26. The van der Waals surface area contributed by atoms with Crippen molar-refractivity contribution in [2.24, 2.45) is 5.92 Å². The zero-order valence-electron chi connectivity index (χ0n) is 11.3. The minimum atomic E-state index is -0.181. The Labute approximate surface area is 122 Å². The highest BCUT2D eigenvalue weighted by molar-refractivity contribution is 9.10. The SMILES string of the molecule is CCNC(Cc1cccc(F)c1Br)C1CCOCC1. The van der Waals surface area contributed by atoms with Gasteiger partial charge >= 0.3 is 0 Å². The highest BCUT2D eigenvalue weighted by Gasteiger charge is 2.24. The summed E-state index contributed by atoms with van der Waals surface area (Å²) in [6, 6.07) is 5.66. The second-order valence-corrected chi connectivity index (χ2v) is 5.82. The fourth-order valence-corrected chi connectivity index (χ4v) is 3.16. The monoisotopic (exact) mass is 329 g/mol. The molecule has 1 heterocycles. The standard InChI is InChI=1S/C15H21BrFNO/c1-2-18-14(11-6-8-19-9-7-11)10-12-4-3-5-13(17)15(12)16/h3-5,11,14,18H,2,6-10H2,1H3. The molecule has 2 rings (SSSR count). The van der Waals surface area contributed by atoms with E-state index < -0.39 is 0 Å². The lowest BCUT2D eigenvalue weighted by molar-refractivity contribution is 0.0539. The Morgan fingerprint density at radius 1 is 1.42 bits per heavy atom. The number of nitrogens with one attached hydrogen (secondary N) is 1. The van der Waals surface area contributed by atoms with Crippen molar-refractivity contribution in [3.05, 3.63) is 34.1 Å². The number of likely N-dealkylation sites (N-methyl/N-ethyl adjacent to an activating group) is 1. The molecule has 2 nitrogen and oxygen atoms in total. The summed E-state index contributed by atoms with van der Waals surface area (Å²) in [6.45, 7) is 4.75. The fraction of sp³-hybridized carbons (Fsp3) is 0.600. The van der Waals surface area contributed by atoms with Gasteiger partial charge in [0.1, 0.15) is 5.82 Å². The molecule has 0 radical (unpaired) electrons. The summed E-state index contributed by atoms with van der Waals surface area (Å²) in [4.78, 5) is 0. The first-order valence-electron chi connectivity index (χ1n) is 6.96. The van der Waals surface area contributed by atoms with Crippen LogP contribution in [0.1, 0.15) is 25.3 Å². The number of benzene rings is 1. The third kappa shape index (κ3) is 4.01. The van der Waals surface area contributed by atoms with Gasteiger partial charge in [0, 0.05) is 19.3 Å². The van der Waals surface area contributed by atoms with E-state index in [0.717, 1.165) is 44.6 Å². The molecule has 19 heavy (non-hydrogen) atoms. The maximum atomic E-state index is 13.6. The average molecular weight is 330 g/mol. The lowest BCUT2D eigenvalue weighted by Crippen LogP contribution is -2.40. The second-order valence-electron chi connectivity index (χ2n) is 5.03. The minimum absolute atomic E-state index is 0.181. The van der Waals surface area contributed by atoms with E-state index in [4.69, 9.17) is 4.74 Å². The minimum Gasteiger partial charge on any atom is -0.381 e. The zero-order chi connectivity index (χ0) is 13.7. The topological polar surface area (TPSA) is 21.3 Å². The molecule has 1 unspecified atom stereocenters. The molecule has 0 saturated carbocycles. The predicted molar refractivity (Wildman–Crippen MR) is 78.8 cm³/mol. The molecule has 1 saturated heterocycles. The van der Waals surface area contributed by atoms with Gasteiger partial charge in [-0.3, -0.25) is 0 Å². The van der Waals surface area contributed by atoms with Gasteiger partial charge in [-0.1, -0.05) is 19.1 Å². The van der Waals surface area contributed by atoms with Gasteiger partial charge in [0.2, 0.25) is 0 Å². The molecule has 4 heteroatoms. The van der Waals surface area contributed by atoms with Crippen LogP contribution >= 0.6 is 15.9 Å². The Bertz CT molecular complexity index is 407. The van der Waals surface area contributed by atoms with Crippen molar-refractivity contribution >= 4 is 15.9 Å². The van der Waals surface area contributed by atoms with Gasteiger partial charge in [-0.15, -0.1) is 0 Å². The van der Waals surface area contributed by atoms with Gasteiger partial charge in [0.25, 0.3) is 0 Å². The molecule has 0 bridgehead atoms. The van der Waals surface area contributed by atoms with Crippen LogP contribution in [0.4, 0.5) is 4.39 Å². The molecule has 1 N–H and O–H groups in total. The quantitative estimate of drug-likeness (QED) is 0.892. The molecule has 0 aromatic heterocycles. The van der Waals surface area contributed by atoms with Crippen molar-refractivity contribution in [2.45, 2.75) is 32.2 Å². The lowest BCUT2D eigenvalue weighted by Gasteiger charge is -2.31. The van der Waals surface area contributed by atoms with Crippen LogP contribution in [0.5, 0.6) is 0 Å². The molecule has 1 aromatic rings. The van der Waals surface area contributed by atoms with E-state index in [1.807, 2.05) is 6.07 Å². The molecule has 1 atom stereocenters. The van der Waals surface area contributed by atoms with Gasteiger partial charge < -0.3 is 10.1 Å². The maximum absolute atomic E-state index is 13.6. The van der Waals surface area contributed by atoms with Crippen molar-refractivity contribution in [3.63, 3.8) is 0 Å². The van der Waals surface area contributed by atoms with E-state index in [1.165, 1.54) is 6.07 Å². The van der Waals surface area contributed by atoms with Crippen LogP contribution in [-0.2, 0) is 11.2 Å². The summed E-state index contributed by atoms with van der Waals surface area (Å²) < 4.78 is 19.6. The summed E-state index contributed by atoms with van der Waals surface area (Å²) in [6.07, 6.45) is 3.03. The molecule has 1 fully saturated rings. The molecular formula is C15H21BrFNO. The Balaban J connectivity index is 2.08. The third-order valence-corrected chi connectivity index (χ3v) is 4.66.